The van der Waals surface area contributed by atoms with E-state index in [0.717, 1.165) is 5.75 Å². The van der Waals surface area contributed by atoms with Gasteiger partial charge in [0.25, 0.3) is 0 Å². The molecule has 16 heavy (non-hydrogen) atoms. The Morgan fingerprint density at radius 3 is 2.56 bits per heavy atom. The normalized spacial score (nSPS) is 22.9. The van der Waals surface area contributed by atoms with Gasteiger partial charge in [-0.2, -0.15) is 11.8 Å². The first-order valence-corrected chi connectivity index (χ1v) is 6.54. The molecule has 1 rings (SSSR count). The highest BCUT2D eigenvalue weighted by Crippen LogP contribution is 2.21. The first kappa shape index (κ1) is 13.5. The summed E-state index contributed by atoms with van der Waals surface area (Å²) in [7, 11) is 1.31. The molecule has 2 atom stereocenters. The van der Waals surface area contributed by atoms with Crippen LogP contribution in [-0.2, 0) is 19.1 Å². The first-order chi connectivity index (χ1) is 7.57. The highest BCUT2D eigenvalue weighted by atomic mass is 32.2. The molecule has 0 amide bonds. The average Bonchev–Trinajstić information content (AvgIpc) is 2.29. The van der Waals surface area contributed by atoms with E-state index in [2.05, 4.69) is 4.74 Å². The van der Waals surface area contributed by atoms with Crippen molar-refractivity contribution in [2.45, 2.75) is 20.0 Å². The SMILES string of the molecule is COC(=O)C(C(=O)C1CSCCO1)C(C)C. The van der Waals surface area contributed by atoms with Gasteiger partial charge in [-0.3, -0.25) is 9.59 Å². The van der Waals surface area contributed by atoms with Crippen molar-refractivity contribution in [1.29, 1.82) is 0 Å². The van der Waals surface area contributed by atoms with Crippen LogP contribution in [0.3, 0.4) is 0 Å². The predicted molar refractivity (Wildman–Crippen MR) is 62.4 cm³/mol. The molecule has 0 aromatic heterocycles. The van der Waals surface area contributed by atoms with Gasteiger partial charge in [0.2, 0.25) is 0 Å². The number of Topliss-reactive ketones (excluding diaryl/α,β-unsaturated/α-hetero) is 1. The second-order valence-electron chi connectivity index (χ2n) is 4.08. The predicted octanol–water partition coefficient (Wildman–Crippen LogP) is 1.13. The number of esters is 1. The molecule has 0 spiro atoms. The lowest BCUT2D eigenvalue weighted by Gasteiger charge is -2.25. The van der Waals surface area contributed by atoms with E-state index in [9.17, 15) is 9.59 Å². The highest BCUT2D eigenvalue weighted by Gasteiger charge is 2.36. The molecule has 2 unspecified atom stereocenters. The van der Waals surface area contributed by atoms with Gasteiger partial charge in [-0.15, -0.1) is 0 Å². The fourth-order valence-corrected chi connectivity index (χ4v) is 2.55. The van der Waals surface area contributed by atoms with Crippen LogP contribution in [0.5, 0.6) is 0 Å². The van der Waals surface area contributed by atoms with E-state index in [-0.39, 0.29) is 11.7 Å². The maximum absolute atomic E-state index is 12.1. The van der Waals surface area contributed by atoms with Crippen LogP contribution in [0.1, 0.15) is 13.8 Å². The van der Waals surface area contributed by atoms with E-state index in [1.165, 1.54) is 7.11 Å². The Hall–Kier alpha value is -0.550. The molecule has 0 radical (unpaired) electrons. The summed E-state index contributed by atoms with van der Waals surface area (Å²) in [6.07, 6.45) is -0.453. The number of hydrogen-bond donors (Lipinski definition) is 0. The van der Waals surface area contributed by atoms with Crippen molar-refractivity contribution in [3.8, 4) is 0 Å². The molecule has 1 aliphatic rings. The van der Waals surface area contributed by atoms with Crippen LogP contribution in [0.4, 0.5) is 0 Å². The number of hydrogen-bond acceptors (Lipinski definition) is 5. The summed E-state index contributed by atoms with van der Waals surface area (Å²) in [5.41, 5.74) is 0. The Bertz CT molecular complexity index is 259. The van der Waals surface area contributed by atoms with Gasteiger partial charge in [0, 0.05) is 11.5 Å². The zero-order valence-corrected chi connectivity index (χ0v) is 10.7. The van der Waals surface area contributed by atoms with Crippen molar-refractivity contribution in [3.63, 3.8) is 0 Å². The number of ketones is 1. The zero-order valence-electron chi connectivity index (χ0n) is 9.89. The Morgan fingerprint density at radius 2 is 2.12 bits per heavy atom. The third-order valence-electron chi connectivity index (χ3n) is 2.56. The molecule has 1 heterocycles. The van der Waals surface area contributed by atoms with Crippen LogP contribution in [-0.4, -0.2) is 43.1 Å². The van der Waals surface area contributed by atoms with Crippen molar-refractivity contribution < 1.29 is 19.1 Å². The van der Waals surface area contributed by atoms with Crippen LogP contribution >= 0.6 is 11.8 Å². The minimum Gasteiger partial charge on any atom is -0.468 e. The maximum atomic E-state index is 12.1. The molecule has 5 heteroatoms. The first-order valence-electron chi connectivity index (χ1n) is 5.38. The van der Waals surface area contributed by atoms with E-state index in [1.807, 2.05) is 13.8 Å². The smallest absolute Gasteiger partial charge is 0.316 e. The number of methoxy groups -OCH3 is 1. The summed E-state index contributed by atoms with van der Waals surface area (Å²) in [5, 5.41) is 0. The summed E-state index contributed by atoms with van der Waals surface area (Å²) >= 11 is 1.68. The van der Waals surface area contributed by atoms with Gasteiger partial charge in [-0.1, -0.05) is 13.8 Å². The summed E-state index contributed by atoms with van der Waals surface area (Å²) in [5.74, 6) is 0.185. The van der Waals surface area contributed by atoms with Crippen molar-refractivity contribution in [2.75, 3.05) is 25.2 Å². The fraction of sp³-hybridized carbons (Fsp3) is 0.818. The van der Waals surface area contributed by atoms with Crippen LogP contribution in [0.2, 0.25) is 0 Å². The van der Waals surface area contributed by atoms with E-state index < -0.39 is 18.0 Å². The molecule has 0 bridgehead atoms. The largest absolute Gasteiger partial charge is 0.468 e. The molecule has 0 aliphatic carbocycles. The summed E-state index contributed by atoms with van der Waals surface area (Å²) < 4.78 is 10.1. The summed E-state index contributed by atoms with van der Waals surface area (Å²) in [4.78, 5) is 23.6. The number of thioether (sulfide) groups is 1. The van der Waals surface area contributed by atoms with E-state index in [0.29, 0.717) is 12.4 Å². The molecule has 0 aromatic rings. The number of rotatable bonds is 4. The van der Waals surface area contributed by atoms with Crippen LogP contribution in [0.15, 0.2) is 0 Å². The standard InChI is InChI=1S/C11H18O4S/c1-7(2)9(11(13)14-3)10(12)8-6-16-5-4-15-8/h7-9H,4-6H2,1-3H3. The maximum Gasteiger partial charge on any atom is 0.316 e. The van der Waals surface area contributed by atoms with Crippen LogP contribution in [0, 0.1) is 11.8 Å². The van der Waals surface area contributed by atoms with Gasteiger partial charge in [0.1, 0.15) is 12.0 Å². The van der Waals surface area contributed by atoms with Gasteiger partial charge in [-0.25, -0.2) is 0 Å². The van der Waals surface area contributed by atoms with Gasteiger partial charge >= 0.3 is 5.97 Å². The second kappa shape index (κ2) is 6.25. The molecule has 1 saturated heterocycles. The third kappa shape index (κ3) is 3.22. The van der Waals surface area contributed by atoms with Gasteiger partial charge in [-0.05, 0) is 5.92 Å². The number of ether oxygens (including phenoxy) is 2. The Balaban J connectivity index is 2.69. The van der Waals surface area contributed by atoms with E-state index in [4.69, 9.17) is 4.74 Å². The van der Waals surface area contributed by atoms with Crippen molar-refractivity contribution in [1.82, 2.24) is 0 Å². The lowest BCUT2D eigenvalue weighted by atomic mass is 9.89. The minimum absolute atomic E-state index is 0.0597. The molecule has 92 valence electrons. The zero-order chi connectivity index (χ0) is 12.1. The lowest BCUT2D eigenvalue weighted by molar-refractivity contribution is -0.154. The summed E-state index contributed by atoms with van der Waals surface area (Å²) in [6, 6.07) is 0. The van der Waals surface area contributed by atoms with E-state index >= 15 is 0 Å². The monoisotopic (exact) mass is 246 g/mol. The fourth-order valence-electron chi connectivity index (χ4n) is 1.70. The molecule has 0 saturated carbocycles. The minimum atomic E-state index is -0.700. The summed E-state index contributed by atoms with van der Waals surface area (Å²) in [6.45, 7) is 4.26. The lowest BCUT2D eigenvalue weighted by Crippen LogP contribution is -2.41. The Morgan fingerprint density at radius 1 is 1.44 bits per heavy atom. The Labute approximate surface area is 100 Å². The van der Waals surface area contributed by atoms with Crippen LogP contribution in [0.25, 0.3) is 0 Å². The quantitative estimate of drug-likeness (QED) is 0.550. The topological polar surface area (TPSA) is 52.6 Å². The molecular formula is C11H18O4S. The molecular weight excluding hydrogens is 228 g/mol. The molecule has 0 aromatic carbocycles. The number of carbonyl (C=O) groups excluding carboxylic acids is 2. The number of carbonyl (C=O) groups is 2. The highest BCUT2D eigenvalue weighted by molar-refractivity contribution is 7.99. The van der Waals surface area contributed by atoms with Crippen LogP contribution < -0.4 is 0 Å². The van der Waals surface area contributed by atoms with Crippen molar-refractivity contribution in [3.05, 3.63) is 0 Å². The van der Waals surface area contributed by atoms with E-state index in [1.54, 1.807) is 11.8 Å². The average molecular weight is 246 g/mol. The molecule has 1 aliphatic heterocycles. The van der Waals surface area contributed by atoms with Gasteiger partial charge in [0.05, 0.1) is 13.7 Å². The molecule has 1 fully saturated rings. The molecule has 4 nitrogen and oxygen atoms in total. The second-order valence-corrected chi connectivity index (χ2v) is 5.23. The Kier molecular flexibility index (Phi) is 5.28. The van der Waals surface area contributed by atoms with Crippen molar-refractivity contribution >= 4 is 23.5 Å². The third-order valence-corrected chi connectivity index (χ3v) is 3.56. The van der Waals surface area contributed by atoms with Gasteiger partial charge < -0.3 is 9.47 Å². The molecule has 0 N–H and O–H groups in total. The van der Waals surface area contributed by atoms with Crippen molar-refractivity contribution in [2.24, 2.45) is 11.8 Å². The van der Waals surface area contributed by atoms with Gasteiger partial charge in [0.15, 0.2) is 5.78 Å².